The van der Waals surface area contributed by atoms with Gasteiger partial charge in [-0.05, 0) is 30.7 Å². The molecule has 2 aromatic rings. The van der Waals surface area contributed by atoms with Gasteiger partial charge in [-0.25, -0.2) is 8.78 Å². The van der Waals surface area contributed by atoms with E-state index >= 15 is 0 Å². The standard InChI is InChI=1S/C14H13F4NOS/c1-8-2-5-11(15)13(12(8)16)19-6-9-3-4-10(20-9)7-21-14(17)18/h2-5,14,19H,6-7H2,1H3. The van der Waals surface area contributed by atoms with E-state index in [-0.39, 0.29) is 18.0 Å². The molecule has 1 N–H and O–H groups in total. The van der Waals surface area contributed by atoms with Crippen LogP contribution in [0.4, 0.5) is 23.2 Å². The van der Waals surface area contributed by atoms with Crippen LogP contribution in [0.3, 0.4) is 0 Å². The van der Waals surface area contributed by atoms with Crippen molar-refractivity contribution in [2.24, 2.45) is 0 Å². The normalized spacial score (nSPS) is 11.1. The summed E-state index contributed by atoms with van der Waals surface area (Å²) in [6.07, 6.45) is 0. The average Bonchev–Trinajstić information content (AvgIpc) is 2.89. The largest absolute Gasteiger partial charge is 0.463 e. The fourth-order valence-electron chi connectivity index (χ4n) is 1.73. The molecule has 2 nitrogen and oxygen atoms in total. The molecule has 1 aromatic carbocycles. The maximum Gasteiger partial charge on any atom is 0.284 e. The van der Waals surface area contributed by atoms with E-state index in [4.69, 9.17) is 4.42 Å². The van der Waals surface area contributed by atoms with Crippen molar-refractivity contribution in [2.45, 2.75) is 25.0 Å². The Kier molecular flexibility index (Phi) is 5.17. The summed E-state index contributed by atoms with van der Waals surface area (Å²) < 4.78 is 56.7. The van der Waals surface area contributed by atoms with Gasteiger partial charge in [-0.3, -0.25) is 0 Å². The molecular formula is C14H13F4NOS. The van der Waals surface area contributed by atoms with E-state index in [2.05, 4.69) is 5.32 Å². The average molecular weight is 319 g/mol. The van der Waals surface area contributed by atoms with Crippen molar-refractivity contribution in [3.63, 3.8) is 0 Å². The number of hydrogen-bond donors (Lipinski definition) is 1. The van der Waals surface area contributed by atoms with Crippen LogP contribution in [0.2, 0.25) is 0 Å². The fourth-order valence-corrected chi connectivity index (χ4v) is 2.18. The van der Waals surface area contributed by atoms with Crippen LogP contribution in [0, 0.1) is 18.6 Å². The van der Waals surface area contributed by atoms with Crippen LogP contribution in [0.1, 0.15) is 17.1 Å². The second-order valence-corrected chi connectivity index (χ2v) is 5.32. The van der Waals surface area contributed by atoms with Crippen LogP contribution in [0.5, 0.6) is 0 Å². The zero-order valence-electron chi connectivity index (χ0n) is 11.1. The summed E-state index contributed by atoms with van der Waals surface area (Å²) in [6.45, 7) is 1.60. The monoisotopic (exact) mass is 319 g/mol. The summed E-state index contributed by atoms with van der Waals surface area (Å²) in [4.78, 5) is 0. The molecule has 0 fully saturated rings. The molecule has 0 radical (unpaired) electrons. The molecular weight excluding hydrogens is 306 g/mol. The summed E-state index contributed by atoms with van der Waals surface area (Å²) in [6, 6.07) is 5.67. The van der Waals surface area contributed by atoms with Gasteiger partial charge in [0.25, 0.3) is 5.76 Å². The van der Waals surface area contributed by atoms with Gasteiger partial charge in [-0.1, -0.05) is 17.8 Å². The number of halogens is 4. The Morgan fingerprint density at radius 3 is 2.57 bits per heavy atom. The molecule has 0 amide bonds. The van der Waals surface area contributed by atoms with Gasteiger partial charge in [0, 0.05) is 0 Å². The second-order valence-electron chi connectivity index (χ2n) is 4.35. The van der Waals surface area contributed by atoms with Gasteiger partial charge in [0.2, 0.25) is 0 Å². The Balaban J connectivity index is 1.99. The van der Waals surface area contributed by atoms with E-state index in [1.807, 2.05) is 0 Å². The first kappa shape index (κ1) is 15.8. The molecule has 1 aromatic heterocycles. The van der Waals surface area contributed by atoms with Crippen molar-refractivity contribution in [3.05, 3.63) is 53.0 Å². The Bertz CT molecular complexity index is 615. The first-order chi connectivity index (χ1) is 9.97. The number of thioether (sulfide) groups is 1. The van der Waals surface area contributed by atoms with Crippen molar-refractivity contribution in [2.75, 3.05) is 5.32 Å². The lowest BCUT2D eigenvalue weighted by Gasteiger charge is -2.09. The maximum atomic E-state index is 13.8. The van der Waals surface area contributed by atoms with Crippen molar-refractivity contribution in [3.8, 4) is 0 Å². The molecule has 0 unspecified atom stereocenters. The quantitative estimate of drug-likeness (QED) is 0.764. The summed E-state index contributed by atoms with van der Waals surface area (Å²) in [5.41, 5.74) is 0.0993. The molecule has 0 saturated carbocycles. The highest BCUT2D eigenvalue weighted by Gasteiger charge is 2.12. The van der Waals surface area contributed by atoms with Crippen LogP contribution in [0.15, 0.2) is 28.7 Å². The number of alkyl halides is 2. The summed E-state index contributed by atoms with van der Waals surface area (Å²) in [7, 11) is 0. The number of benzene rings is 1. The van der Waals surface area contributed by atoms with E-state index in [1.54, 1.807) is 12.1 Å². The smallest absolute Gasteiger partial charge is 0.284 e. The molecule has 1 heterocycles. The van der Waals surface area contributed by atoms with Crippen molar-refractivity contribution < 1.29 is 22.0 Å². The third-order valence-electron chi connectivity index (χ3n) is 2.79. The fraction of sp³-hybridized carbons (Fsp3) is 0.286. The number of aryl methyl sites for hydroxylation is 1. The third kappa shape index (κ3) is 4.17. The van der Waals surface area contributed by atoms with Crippen LogP contribution in [-0.2, 0) is 12.3 Å². The first-order valence-electron chi connectivity index (χ1n) is 6.13. The minimum absolute atomic E-state index is 0.0465. The molecule has 21 heavy (non-hydrogen) atoms. The number of anilines is 1. The highest BCUT2D eigenvalue weighted by atomic mass is 32.2. The first-order valence-corrected chi connectivity index (χ1v) is 7.18. The molecule has 0 aliphatic rings. The molecule has 7 heteroatoms. The van der Waals surface area contributed by atoms with E-state index in [1.165, 1.54) is 19.1 Å². The maximum absolute atomic E-state index is 13.8. The lowest BCUT2D eigenvalue weighted by molar-refractivity contribution is 0.251. The lowest BCUT2D eigenvalue weighted by atomic mass is 10.2. The SMILES string of the molecule is Cc1ccc(F)c(NCc2ccc(CSC(F)F)o2)c1F. The topological polar surface area (TPSA) is 25.2 Å². The predicted octanol–water partition coefficient (Wildman–Crippen LogP) is 4.93. The number of rotatable bonds is 6. The van der Waals surface area contributed by atoms with Crippen molar-refractivity contribution in [1.82, 2.24) is 0 Å². The van der Waals surface area contributed by atoms with E-state index < -0.39 is 17.4 Å². The van der Waals surface area contributed by atoms with E-state index in [0.717, 1.165) is 0 Å². The molecule has 114 valence electrons. The summed E-state index contributed by atoms with van der Waals surface area (Å²) in [5, 5.41) is 2.62. The summed E-state index contributed by atoms with van der Waals surface area (Å²) >= 11 is 0.452. The van der Waals surface area contributed by atoms with Gasteiger partial charge < -0.3 is 9.73 Å². The number of furan rings is 1. The van der Waals surface area contributed by atoms with E-state index in [9.17, 15) is 17.6 Å². The van der Waals surface area contributed by atoms with Crippen LogP contribution in [-0.4, -0.2) is 5.76 Å². The molecule has 0 bridgehead atoms. The lowest BCUT2D eigenvalue weighted by Crippen LogP contribution is -2.04. The highest BCUT2D eigenvalue weighted by molar-refractivity contribution is 7.98. The molecule has 2 rings (SSSR count). The third-order valence-corrected chi connectivity index (χ3v) is 3.50. The predicted molar refractivity (Wildman–Crippen MR) is 74.4 cm³/mol. The van der Waals surface area contributed by atoms with Gasteiger partial charge in [0.15, 0.2) is 5.82 Å². The minimum atomic E-state index is -2.47. The van der Waals surface area contributed by atoms with Crippen LogP contribution < -0.4 is 5.32 Å². The molecule has 0 saturated heterocycles. The minimum Gasteiger partial charge on any atom is -0.463 e. The summed E-state index contributed by atoms with van der Waals surface area (Å²) in [5.74, 6) is -2.96. The van der Waals surface area contributed by atoms with Crippen molar-refractivity contribution >= 4 is 17.4 Å². The molecule has 0 atom stereocenters. The molecule has 0 aliphatic carbocycles. The Hall–Kier alpha value is -1.63. The van der Waals surface area contributed by atoms with Crippen molar-refractivity contribution in [1.29, 1.82) is 0 Å². The second kappa shape index (κ2) is 6.89. The van der Waals surface area contributed by atoms with Gasteiger partial charge >= 0.3 is 0 Å². The Labute approximate surface area is 123 Å². The van der Waals surface area contributed by atoms with Gasteiger partial charge in [-0.15, -0.1) is 0 Å². The van der Waals surface area contributed by atoms with Gasteiger partial charge in [0.05, 0.1) is 12.3 Å². The zero-order chi connectivity index (χ0) is 15.4. The molecule has 0 aliphatic heterocycles. The number of hydrogen-bond acceptors (Lipinski definition) is 3. The van der Waals surface area contributed by atoms with Gasteiger partial charge in [-0.2, -0.15) is 8.78 Å². The van der Waals surface area contributed by atoms with Crippen LogP contribution >= 0.6 is 11.8 Å². The van der Waals surface area contributed by atoms with Gasteiger partial charge in [0.1, 0.15) is 23.0 Å². The number of nitrogens with one attached hydrogen (secondary N) is 1. The Morgan fingerprint density at radius 1 is 1.14 bits per heavy atom. The van der Waals surface area contributed by atoms with E-state index in [0.29, 0.717) is 28.8 Å². The zero-order valence-corrected chi connectivity index (χ0v) is 11.9. The molecule has 0 spiro atoms. The van der Waals surface area contributed by atoms with Crippen LogP contribution in [0.25, 0.3) is 0 Å². The highest BCUT2D eigenvalue weighted by Crippen LogP contribution is 2.24. The Morgan fingerprint density at radius 2 is 1.86 bits per heavy atom.